The zero-order valence-electron chi connectivity index (χ0n) is 18.3. The number of benzene rings is 1. The number of carboxylic acid groups (broad SMARTS) is 3. The van der Waals surface area contributed by atoms with Gasteiger partial charge in [0, 0.05) is 11.8 Å². The average molecular weight is 494 g/mol. The number of aromatic carboxylic acids is 1. The van der Waals surface area contributed by atoms with E-state index in [0.717, 1.165) is 36.7 Å². The van der Waals surface area contributed by atoms with E-state index in [9.17, 15) is 27.6 Å². The first-order valence-electron chi connectivity index (χ1n) is 10.3. The van der Waals surface area contributed by atoms with Gasteiger partial charge in [-0.1, -0.05) is 6.08 Å². The summed E-state index contributed by atoms with van der Waals surface area (Å²) in [6.45, 7) is 1.58. The highest BCUT2D eigenvalue weighted by molar-refractivity contribution is 5.90. The van der Waals surface area contributed by atoms with Crippen LogP contribution in [-0.2, 0) is 9.59 Å². The summed E-state index contributed by atoms with van der Waals surface area (Å²) in [5.41, 5.74) is 0.418. The predicted octanol–water partition coefficient (Wildman–Crippen LogP) is 4.30. The van der Waals surface area contributed by atoms with Gasteiger partial charge in [-0.3, -0.25) is 4.79 Å². The lowest BCUT2D eigenvalue weighted by atomic mass is 9.77. The highest BCUT2D eigenvalue weighted by Crippen LogP contribution is 2.44. The van der Waals surface area contributed by atoms with E-state index in [1.54, 1.807) is 19.1 Å². The average Bonchev–Trinajstić information content (AvgIpc) is 3.49. The molecule has 0 saturated heterocycles. The minimum atomic E-state index is -4.75. The van der Waals surface area contributed by atoms with Gasteiger partial charge in [-0.25, -0.2) is 14.3 Å². The minimum absolute atomic E-state index is 0.0179. The van der Waals surface area contributed by atoms with Crippen molar-refractivity contribution in [1.82, 2.24) is 9.78 Å². The lowest BCUT2D eigenvalue weighted by Crippen LogP contribution is -2.30. The predicted molar refractivity (Wildman–Crippen MR) is 114 cm³/mol. The first kappa shape index (κ1) is 25.5. The maximum Gasteiger partial charge on any atom is 0.573 e. The van der Waals surface area contributed by atoms with Gasteiger partial charge in [-0.2, -0.15) is 5.10 Å². The van der Waals surface area contributed by atoms with E-state index >= 15 is 0 Å². The van der Waals surface area contributed by atoms with Gasteiger partial charge in [0.2, 0.25) is 0 Å². The lowest BCUT2D eigenvalue weighted by Gasteiger charge is -2.26. The molecule has 1 heterocycles. The Morgan fingerprint density at radius 3 is 2.17 bits per heavy atom. The third kappa shape index (κ3) is 6.71. The van der Waals surface area contributed by atoms with Crippen LogP contribution in [0.25, 0.3) is 5.69 Å². The highest BCUT2D eigenvalue weighted by atomic mass is 19.4. The Balaban J connectivity index is 0.000000198. The van der Waals surface area contributed by atoms with Crippen LogP contribution in [0.1, 0.15) is 36.5 Å². The maximum absolute atomic E-state index is 12.0. The Morgan fingerprint density at radius 1 is 1.09 bits per heavy atom. The smallest absolute Gasteiger partial charge is 0.481 e. The van der Waals surface area contributed by atoms with Gasteiger partial charge in [0.1, 0.15) is 5.75 Å². The van der Waals surface area contributed by atoms with Crippen molar-refractivity contribution in [3.63, 3.8) is 0 Å². The minimum Gasteiger partial charge on any atom is -0.481 e. The van der Waals surface area contributed by atoms with Gasteiger partial charge in [0.05, 0.1) is 22.9 Å². The number of carbonyl (C=O) groups is 3. The molecular weight excluding hydrogens is 473 g/mol. The van der Waals surface area contributed by atoms with Gasteiger partial charge in [-0.05, 0) is 68.0 Å². The lowest BCUT2D eigenvalue weighted by molar-refractivity contribution is -0.274. The van der Waals surface area contributed by atoms with Crippen molar-refractivity contribution in [2.45, 2.75) is 32.5 Å². The molecule has 186 valence electrons. The number of rotatable bonds is 6. The highest BCUT2D eigenvalue weighted by Gasteiger charge is 2.39. The Labute approximate surface area is 196 Å². The molecule has 1 atom stereocenters. The van der Waals surface area contributed by atoms with E-state index in [4.69, 9.17) is 15.3 Å². The number of ether oxygens (including phenoxy) is 1. The van der Waals surface area contributed by atoms with Crippen LogP contribution in [0, 0.1) is 11.3 Å². The Kier molecular flexibility index (Phi) is 7.04. The fourth-order valence-corrected chi connectivity index (χ4v) is 3.41. The van der Waals surface area contributed by atoms with Crippen LogP contribution in [0.4, 0.5) is 13.2 Å². The largest absolute Gasteiger partial charge is 0.573 e. The summed E-state index contributed by atoms with van der Waals surface area (Å²) in [5, 5.41) is 30.6. The number of aromatic nitrogens is 2. The molecule has 1 aromatic heterocycles. The second-order valence-corrected chi connectivity index (χ2v) is 8.31. The quantitative estimate of drug-likeness (QED) is 0.540. The molecule has 1 saturated carbocycles. The summed E-state index contributed by atoms with van der Waals surface area (Å²) in [6, 6.07) is 4.90. The van der Waals surface area contributed by atoms with Crippen LogP contribution in [0.2, 0.25) is 0 Å². The summed E-state index contributed by atoms with van der Waals surface area (Å²) in [7, 11) is 0. The zero-order valence-corrected chi connectivity index (χ0v) is 18.3. The van der Waals surface area contributed by atoms with E-state index in [1.807, 2.05) is 0 Å². The van der Waals surface area contributed by atoms with Crippen LogP contribution >= 0.6 is 0 Å². The number of allylic oxidation sites excluding steroid dienone is 2. The SMILES string of the molecule is CC1(C(=O)O)C=C(C2CC2)C=C(C(=O)O)C1.O=C(O)c1cnn(-c2ccc(OC(F)(F)F)cc2)c1. The van der Waals surface area contributed by atoms with Gasteiger partial charge < -0.3 is 20.1 Å². The summed E-state index contributed by atoms with van der Waals surface area (Å²) in [6.07, 6.45) is 3.14. The summed E-state index contributed by atoms with van der Waals surface area (Å²) >= 11 is 0. The molecule has 1 aromatic carbocycles. The third-order valence-corrected chi connectivity index (χ3v) is 5.36. The third-order valence-electron chi connectivity index (χ3n) is 5.36. The molecule has 0 radical (unpaired) electrons. The normalized spacial score (nSPS) is 19.5. The Morgan fingerprint density at radius 2 is 1.71 bits per heavy atom. The number of hydrogen-bond donors (Lipinski definition) is 3. The molecule has 4 rings (SSSR count). The molecule has 9 nitrogen and oxygen atoms in total. The van der Waals surface area contributed by atoms with Crippen LogP contribution in [0.3, 0.4) is 0 Å². The molecule has 0 amide bonds. The summed E-state index contributed by atoms with van der Waals surface area (Å²) in [4.78, 5) is 32.8. The first-order chi connectivity index (χ1) is 16.3. The van der Waals surface area contributed by atoms with Gasteiger partial charge in [-0.15, -0.1) is 13.2 Å². The summed E-state index contributed by atoms with van der Waals surface area (Å²) in [5.74, 6) is -3.10. The molecule has 2 aromatic rings. The molecule has 1 fully saturated rings. The van der Waals surface area contributed by atoms with E-state index in [-0.39, 0.29) is 23.3 Å². The molecule has 0 aliphatic heterocycles. The molecule has 0 bridgehead atoms. The van der Waals surface area contributed by atoms with Gasteiger partial charge >= 0.3 is 24.3 Å². The molecule has 35 heavy (non-hydrogen) atoms. The molecule has 2 aliphatic rings. The van der Waals surface area contributed by atoms with E-state index in [0.29, 0.717) is 11.6 Å². The van der Waals surface area contributed by atoms with Crippen molar-refractivity contribution < 1.29 is 47.6 Å². The van der Waals surface area contributed by atoms with Crippen LogP contribution in [-0.4, -0.2) is 49.4 Å². The van der Waals surface area contributed by atoms with Crippen LogP contribution in [0.5, 0.6) is 5.75 Å². The topological polar surface area (TPSA) is 139 Å². The molecule has 12 heteroatoms. The number of halogens is 3. The van der Waals surface area contributed by atoms with Crippen molar-refractivity contribution in [1.29, 1.82) is 0 Å². The van der Waals surface area contributed by atoms with Gasteiger partial charge in [0.25, 0.3) is 0 Å². The molecule has 3 N–H and O–H groups in total. The molecular formula is C23H21F3N2O7. The van der Waals surface area contributed by atoms with E-state index < -0.39 is 29.7 Å². The van der Waals surface area contributed by atoms with Gasteiger partial charge in [0.15, 0.2) is 0 Å². The number of alkyl halides is 3. The number of nitrogens with zero attached hydrogens (tertiary/aromatic N) is 2. The number of aliphatic carboxylic acids is 2. The van der Waals surface area contributed by atoms with Crippen molar-refractivity contribution >= 4 is 17.9 Å². The van der Waals surface area contributed by atoms with Crippen molar-refractivity contribution in [2.24, 2.45) is 11.3 Å². The molecule has 2 aliphatic carbocycles. The monoisotopic (exact) mass is 494 g/mol. The zero-order chi connectivity index (χ0) is 26.0. The standard InChI is InChI=1S/C12H14O4.C11H7F3N2O3/c1-12(11(15)16)5-8(7-2-3-7)4-9(6-12)10(13)14;12-11(13,14)19-9-3-1-8(2-4-9)16-6-7(5-15-16)10(17)18/h4-5,7H,2-3,6H2,1H3,(H,13,14)(H,15,16);1-6H,(H,17,18). The Bertz CT molecular complexity index is 1190. The summed E-state index contributed by atoms with van der Waals surface area (Å²) < 4.78 is 40.8. The second-order valence-electron chi connectivity index (χ2n) is 8.31. The van der Waals surface area contributed by atoms with Crippen molar-refractivity contribution in [3.8, 4) is 11.4 Å². The van der Waals surface area contributed by atoms with Crippen molar-refractivity contribution in [2.75, 3.05) is 0 Å². The fraction of sp³-hybridized carbons (Fsp3) is 0.304. The Hall–Kier alpha value is -4.09. The maximum atomic E-state index is 12.0. The van der Waals surface area contributed by atoms with E-state index in [1.165, 1.54) is 23.0 Å². The molecule has 1 unspecified atom stereocenters. The number of carboxylic acids is 3. The fourth-order valence-electron chi connectivity index (χ4n) is 3.41. The van der Waals surface area contributed by atoms with Crippen molar-refractivity contribution in [3.05, 3.63) is 65.5 Å². The van der Waals surface area contributed by atoms with E-state index in [2.05, 4.69) is 9.84 Å². The second kappa shape index (κ2) is 9.65. The molecule has 0 spiro atoms. The van der Waals surface area contributed by atoms with Crippen LogP contribution in [0.15, 0.2) is 60.0 Å². The number of hydrogen-bond acceptors (Lipinski definition) is 5. The first-order valence-corrected chi connectivity index (χ1v) is 10.3. The van der Waals surface area contributed by atoms with Crippen LogP contribution < -0.4 is 4.74 Å².